The molecule has 7 heteroatoms. The van der Waals surface area contributed by atoms with E-state index in [0.29, 0.717) is 26.3 Å². The lowest BCUT2D eigenvalue weighted by Gasteiger charge is -2.33. The van der Waals surface area contributed by atoms with Crippen molar-refractivity contribution in [2.75, 3.05) is 26.3 Å². The first kappa shape index (κ1) is 15.1. The molecule has 1 fully saturated rings. The van der Waals surface area contributed by atoms with Gasteiger partial charge in [0.1, 0.15) is 30.7 Å². The number of benzene rings is 1. The number of carbonyl (C=O) groups is 1. The monoisotopic (exact) mass is 328 g/mol. The molecule has 0 aliphatic carbocycles. The average molecular weight is 328 g/mol. The van der Waals surface area contributed by atoms with E-state index in [1.165, 1.54) is 0 Å². The smallest absolute Gasteiger partial charge is 0.233 e. The fourth-order valence-electron chi connectivity index (χ4n) is 3.35. The third kappa shape index (κ3) is 2.54. The summed E-state index contributed by atoms with van der Waals surface area (Å²) >= 11 is 0. The Balaban J connectivity index is 1.51. The van der Waals surface area contributed by atoms with E-state index in [9.17, 15) is 4.79 Å². The van der Waals surface area contributed by atoms with Crippen LogP contribution in [0.25, 0.3) is 0 Å². The van der Waals surface area contributed by atoms with Crippen LogP contribution in [0.3, 0.4) is 0 Å². The largest absolute Gasteiger partial charge is 0.492 e. The second kappa shape index (κ2) is 6.24. The highest BCUT2D eigenvalue weighted by Gasteiger charge is 2.36. The number of hydrogen-bond acceptors (Lipinski definition) is 5. The number of hydrogen-bond donors (Lipinski definition) is 0. The van der Waals surface area contributed by atoms with E-state index in [2.05, 4.69) is 10.2 Å². The number of nitrogens with zero attached hydrogens (tertiary/aromatic N) is 4. The molecule has 4 rings (SSSR count). The summed E-state index contributed by atoms with van der Waals surface area (Å²) in [5, 5.41) is 8.12. The molecule has 1 saturated heterocycles. The van der Waals surface area contributed by atoms with Crippen LogP contribution in [0, 0.1) is 0 Å². The van der Waals surface area contributed by atoms with Crippen LogP contribution in [-0.2, 0) is 16.1 Å². The van der Waals surface area contributed by atoms with Gasteiger partial charge in [0.2, 0.25) is 5.91 Å². The number of carbonyl (C=O) groups excluding carboxylic acids is 1. The van der Waals surface area contributed by atoms with Crippen molar-refractivity contribution in [3.63, 3.8) is 0 Å². The molecule has 0 bridgehead atoms. The number of morpholine rings is 1. The van der Waals surface area contributed by atoms with Gasteiger partial charge in [0.25, 0.3) is 0 Å². The zero-order chi connectivity index (χ0) is 16.5. The zero-order valence-electron chi connectivity index (χ0n) is 13.6. The van der Waals surface area contributed by atoms with Gasteiger partial charge >= 0.3 is 0 Å². The van der Waals surface area contributed by atoms with Gasteiger partial charge in [-0.2, -0.15) is 0 Å². The fraction of sp³-hybridized carbons (Fsp3) is 0.471. The summed E-state index contributed by atoms with van der Waals surface area (Å²) in [6.45, 7) is 4.81. The van der Waals surface area contributed by atoms with Crippen LogP contribution in [0.1, 0.15) is 30.3 Å². The van der Waals surface area contributed by atoms with Crippen LogP contribution in [0.15, 0.2) is 30.6 Å². The Morgan fingerprint density at radius 1 is 1.38 bits per heavy atom. The lowest BCUT2D eigenvalue weighted by atomic mass is 9.99. The molecule has 3 heterocycles. The summed E-state index contributed by atoms with van der Waals surface area (Å²) < 4.78 is 13.4. The lowest BCUT2D eigenvalue weighted by Crippen LogP contribution is -2.45. The number of rotatable bonds is 3. The van der Waals surface area contributed by atoms with Crippen LogP contribution in [0.5, 0.6) is 5.75 Å². The van der Waals surface area contributed by atoms with Gasteiger partial charge in [-0.1, -0.05) is 18.2 Å². The van der Waals surface area contributed by atoms with Crippen LogP contribution in [0.4, 0.5) is 0 Å². The Morgan fingerprint density at radius 2 is 2.25 bits per heavy atom. The number of amides is 1. The maximum absolute atomic E-state index is 13.0. The molecule has 2 atom stereocenters. The van der Waals surface area contributed by atoms with Crippen molar-refractivity contribution in [3.05, 3.63) is 42.0 Å². The molecule has 1 aromatic carbocycles. The summed E-state index contributed by atoms with van der Waals surface area (Å²) in [5.41, 5.74) is 0.974. The molecule has 7 nitrogen and oxygen atoms in total. The first-order valence-corrected chi connectivity index (χ1v) is 8.27. The van der Waals surface area contributed by atoms with Gasteiger partial charge in [0, 0.05) is 18.7 Å². The van der Waals surface area contributed by atoms with Crippen molar-refractivity contribution < 1.29 is 14.3 Å². The third-order valence-corrected chi connectivity index (χ3v) is 4.65. The zero-order valence-corrected chi connectivity index (χ0v) is 13.6. The molecular formula is C17H20N4O3. The number of aromatic nitrogens is 3. The van der Waals surface area contributed by atoms with E-state index in [0.717, 1.165) is 23.7 Å². The Hall–Kier alpha value is -2.41. The first-order chi connectivity index (χ1) is 11.8. The summed E-state index contributed by atoms with van der Waals surface area (Å²) in [4.78, 5) is 14.8. The lowest BCUT2D eigenvalue weighted by molar-refractivity contribution is -0.141. The maximum atomic E-state index is 13.0. The van der Waals surface area contributed by atoms with Crippen LogP contribution < -0.4 is 4.74 Å². The van der Waals surface area contributed by atoms with E-state index >= 15 is 0 Å². The van der Waals surface area contributed by atoms with Crippen LogP contribution in [0.2, 0.25) is 0 Å². The molecule has 0 saturated carbocycles. The van der Waals surface area contributed by atoms with Crippen LogP contribution >= 0.6 is 0 Å². The Bertz CT molecular complexity index is 745. The van der Waals surface area contributed by atoms with Crippen molar-refractivity contribution >= 4 is 5.91 Å². The van der Waals surface area contributed by atoms with Gasteiger partial charge in [0.15, 0.2) is 5.82 Å². The second-order valence-electron chi connectivity index (χ2n) is 6.02. The Kier molecular flexibility index (Phi) is 3.93. The highest BCUT2D eigenvalue weighted by atomic mass is 16.5. The topological polar surface area (TPSA) is 69.5 Å². The molecule has 1 aromatic heterocycles. The van der Waals surface area contributed by atoms with Gasteiger partial charge in [-0.05, 0) is 13.0 Å². The number of para-hydroxylation sites is 1. The molecule has 2 aliphatic heterocycles. The van der Waals surface area contributed by atoms with Gasteiger partial charge in [0.05, 0.1) is 13.2 Å². The predicted octanol–water partition coefficient (Wildman–Crippen LogP) is 1.37. The highest BCUT2D eigenvalue weighted by molar-refractivity contribution is 5.85. The van der Waals surface area contributed by atoms with E-state index in [1.54, 1.807) is 6.33 Å². The molecule has 0 spiro atoms. The maximum Gasteiger partial charge on any atom is 0.233 e. The summed E-state index contributed by atoms with van der Waals surface area (Å²) in [6, 6.07) is 7.75. The van der Waals surface area contributed by atoms with Crippen molar-refractivity contribution in [2.45, 2.75) is 25.5 Å². The Morgan fingerprint density at radius 3 is 3.12 bits per heavy atom. The molecule has 126 valence electrons. The molecule has 2 aliphatic rings. The quantitative estimate of drug-likeness (QED) is 0.851. The number of aryl methyl sites for hydroxylation is 1. The molecule has 0 radical (unpaired) electrons. The number of ether oxygens (including phenoxy) is 2. The summed E-state index contributed by atoms with van der Waals surface area (Å²) in [5.74, 6) is 1.45. The molecule has 0 N–H and O–H groups in total. The summed E-state index contributed by atoms with van der Waals surface area (Å²) in [6.07, 6.45) is 1.46. The van der Waals surface area contributed by atoms with Gasteiger partial charge in [-0.25, -0.2) is 0 Å². The summed E-state index contributed by atoms with van der Waals surface area (Å²) in [7, 11) is 0. The van der Waals surface area contributed by atoms with E-state index < -0.39 is 0 Å². The molecule has 0 unspecified atom stereocenters. The van der Waals surface area contributed by atoms with Crippen molar-refractivity contribution in [2.24, 2.45) is 0 Å². The van der Waals surface area contributed by atoms with Crippen molar-refractivity contribution in [1.29, 1.82) is 0 Å². The van der Waals surface area contributed by atoms with Gasteiger partial charge in [-0.15, -0.1) is 10.2 Å². The van der Waals surface area contributed by atoms with E-state index in [-0.39, 0.29) is 17.9 Å². The van der Waals surface area contributed by atoms with E-state index in [1.807, 2.05) is 40.7 Å². The molecule has 24 heavy (non-hydrogen) atoms. The van der Waals surface area contributed by atoms with Crippen LogP contribution in [-0.4, -0.2) is 51.9 Å². The van der Waals surface area contributed by atoms with E-state index in [4.69, 9.17) is 9.47 Å². The highest BCUT2D eigenvalue weighted by Crippen LogP contribution is 2.35. The van der Waals surface area contributed by atoms with Gasteiger partial charge < -0.3 is 18.9 Å². The second-order valence-corrected chi connectivity index (χ2v) is 6.02. The van der Waals surface area contributed by atoms with Crippen molar-refractivity contribution in [3.8, 4) is 5.75 Å². The third-order valence-electron chi connectivity index (χ3n) is 4.65. The normalized spacial score (nSPS) is 23.0. The average Bonchev–Trinajstić information content (AvgIpc) is 3.28. The minimum Gasteiger partial charge on any atom is -0.492 e. The molecule has 1 amide bonds. The predicted molar refractivity (Wildman–Crippen MR) is 85.6 cm³/mol. The van der Waals surface area contributed by atoms with Gasteiger partial charge in [-0.3, -0.25) is 4.79 Å². The SMILES string of the molecule is CCn1cnnc1[C@@H]1CN(C(=O)[C@@H]2COc3ccccc32)CCO1. The minimum absolute atomic E-state index is 0.0933. The minimum atomic E-state index is -0.234. The standard InChI is InChI=1S/C17H20N4O3/c1-2-20-11-18-19-16(20)15-9-21(7-8-23-15)17(22)13-10-24-14-6-4-3-5-12(13)14/h3-6,11,13,15H,2,7-10H2,1H3/t13-,15+/m1/s1. The Labute approximate surface area is 140 Å². The fourth-order valence-corrected chi connectivity index (χ4v) is 3.35. The van der Waals surface area contributed by atoms with Crippen molar-refractivity contribution in [1.82, 2.24) is 19.7 Å². The molecular weight excluding hydrogens is 308 g/mol. The molecule has 2 aromatic rings. The number of fused-ring (bicyclic) bond motifs is 1. The first-order valence-electron chi connectivity index (χ1n) is 8.27.